The fourth-order valence-corrected chi connectivity index (χ4v) is 2.02. The first-order valence-corrected chi connectivity index (χ1v) is 4.99. The highest BCUT2D eigenvalue weighted by atomic mass is 16.3. The van der Waals surface area contributed by atoms with Crippen molar-refractivity contribution in [2.75, 3.05) is 0 Å². The summed E-state index contributed by atoms with van der Waals surface area (Å²) in [4.78, 5) is 11.7. The van der Waals surface area contributed by atoms with Gasteiger partial charge in [-0.2, -0.15) is 0 Å². The summed E-state index contributed by atoms with van der Waals surface area (Å²) >= 11 is 0. The molecule has 2 rings (SSSR count). The zero-order chi connectivity index (χ0) is 10.1. The summed E-state index contributed by atoms with van der Waals surface area (Å²) in [5, 5.41) is 0. The van der Waals surface area contributed by atoms with Crippen molar-refractivity contribution < 1.29 is 4.76 Å². The lowest BCUT2D eigenvalue weighted by molar-refractivity contribution is -0.622. The van der Waals surface area contributed by atoms with Crippen LogP contribution in [0.3, 0.4) is 0 Å². The Morgan fingerprint density at radius 1 is 1.43 bits per heavy atom. The minimum absolute atomic E-state index is 0.122. The molecule has 2 unspecified atom stereocenters. The highest BCUT2D eigenvalue weighted by Gasteiger charge is 2.33. The molecule has 0 radical (unpaired) electrons. The molecule has 3 nitrogen and oxygen atoms in total. The van der Waals surface area contributed by atoms with Gasteiger partial charge in [0.2, 0.25) is 6.04 Å². The summed E-state index contributed by atoms with van der Waals surface area (Å²) in [5.41, 5.74) is 8.14. The van der Waals surface area contributed by atoms with Gasteiger partial charge in [0.25, 0.3) is 6.17 Å². The van der Waals surface area contributed by atoms with Crippen molar-refractivity contribution in [1.29, 1.82) is 0 Å². The quantitative estimate of drug-likeness (QED) is 0.635. The van der Waals surface area contributed by atoms with Crippen molar-refractivity contribution in [2.24, 2.45) is 5.73 Å². The van der Waals surface area contributed by atoms with E-state index in [1.807, 2.05) is 25.1 Å². The molecular formula is C11H15N2O+. The molecule has 0 aromatic heterocycles. The minimum atomic E-state index is -0.364. The molecule has 2 atom stereocenters. The number of nitrogens with two attached hydrogens (primary N) is 1. The third-order valence-electron chi connectivity index (χ3n) is 2.92. The van der Waals surface area contributed by atoms with E-state index in [2.05, 4.69) is 6.07 Å². The average molecular weight is 191 g/mol. The minimum Gasteiger partial charge on any atom is -0.270 e. The van der Waals surface area contributed by atoms with Gasteiger partial charge in [-0.1, -0.05) is 24.3 Å². The Hall–Kier alpha value is -1.22. The number of rotatable bonds is 0. The van der Waals surface area contributed by atoms with Gasteiger partial charge in [-0.25, -0.2) is 0 Å². The molecule has 14 heavy (non-hydrogen) atoms. The molecule has 1 aromatic rings. The molecule has 0 aliphatic carbocycles. The predicted molar refractivity (Wildman–Crippen MR) is 54.8 cm³/mol. The van der Waals surface area contributed by atoms with Gasteiger partial charge in [0.1, 0.15) is 0 Å². The first-order valence-electron chi connectivity index (χ1n) is 4.99. The normalized spacial score (nSPS) is 26.9. The lowest BCUT2D eigenvalue weighted by atomic mass is 10.0. The molecule has 0 fully saturated rings. The van der Waals surface area contributed by atoms with E-state index in [-0.39, 0.29) is 12.2 Å². The highest BCUT2D eigenvalue weighted by Crippen LogP contribution is 2.26. The van der Waals surface area contributed by atoms with Gasteiger partial charge in [0.15, 0.2) is 0 Å². The highest BCUT2D eigenvalue weighted by molar-refractivity contribution is 5.29. The second-order valence-electron chi connectivity index (χ2n) is 3.84. The maximum atomic E-state index is 11.7. The predicted octanol–water partition coefficient (Wildman–Crippen LogP) is 1.76. The smallest absolute Gasteiger partial charge is 0.253 e. The van der Waals surface area contributed by atoms with Crippen molar-refractivity contribution in [1.82, 2.24) is 0 Å². The molecule has 0 saturated carbocycles. The van der Waals surface area contributed by atoms with Crippen molar-refractivity contribution in [3.63, 3.8) is 0 Å². The first kappa shape index (κ1) is 9.34. The van der Waals surface area contributed by atoms with Gasteiger partial charge in [0, 0.05) is 28.6 Å². The Labute approximate surface area is 83.5 Å². The van der Waals surface area contributed by atoms with Crippen molar-refractivity contribution in [3.8, 4) is 0 Å². The lowest BCUT2D eigenvalue weighted by Crippen LogP contribution is -2.33. The number of nitroso groups, excluding NO2 is 1. The van der Waals surface area contributed by atoms with Crippen LogP contribution in [-0.4, -0.2) is 10.9 Å². The number of benzene rings is 1. The Morgan fingerprint density at radius 3 is 2.93 bits per heavy atom. The van der Waals surface area contributed by atoms with Gasteiger partial charge in [-0.15, -0.1) is 0 Å². The SMILES string of the molecule is CC1c2ccccc2CCC(N)[N+]1=O. The van der Waals surface area contributed by atoms with Crippen molar-refractivity contribution in [3.05, 3.63) is 40.3 Å². The fraction of sp³-hybridized carbons (Fsp3) is 0.455. The Kier molecular flexibility index (Phi) is 2.33. The monoisotopic (exact) mass is 191 g/mol. The second kappa shape index (κ2) is 3.50. The van der Waals surface area contributed by atoms with Crippen LogP contribution < -0.4 is 5.73 Å². The molecule has 1 heterocycles. The van der Waals surface area contributed by atoms with Crippen LogP contribution in [0.2, 0.25) is 0 Å². The lowest BCUT2D eigenvalue weighted by Gasteiger charge is -2.06. The summed E-state index contributed by atoms with van der Waals surface area (Å²) in [6, 6.07) is 7.96. The number of hydrogen-bond donors (Lipinski definition) is 1. The van der Waals surface area contributed by atoms with E-state index in [1.54, 1.807) is 0 Å². The zero-order valence-electron chi connectivity index (χ0n) is 8.31. The summed E-state index contributed by atoms with van der Waals surface area (Å²) in [5.74, 6) is 0. The van der Waals surface area contributed by atoms with Crippen LogP contribution in [0.4, 0.5) is 0 Å². The molecular weight excluding hydrogens is 176 g/mol. The van der Waals surface area contributed by atoms with E-state index < -0.39 is 0 Å². The third-order valence-corrected chi connectivity index (χ3v) is 2.92. The van der Waals surface area contributed by atoms with E-state index in [4.69, 9.17) is 5.73 Å². The Balaban J connectivity index is 2.45. The molecule has 74 valence electrons. The van der Waals surface area contributed by atoms with Crippen LogP contribution >= 0.6 is 0 Å². The summed E-state index contributed by atoms with van der Waals surface area (Å²) in [6.45, 7) is 1.91. The van der Waals surface area contributed by atoms with E-state index in [9.17, 15) is 4.91 Å². The first-order chi connectivity index (χ1) is 6.70. The van der Waals surface area contributed by atoms with Crippen LogP contribution in [-0.2, 0) is 6.42 Å². The van der Waals surface area contributed by atoms with Crippen LogP contribution in [0.25, 0.3) is 0 Å². The summed E-state index contributed by atoms with van der Waals surface area (Å²) < 4.78 is 1.01. The fourth-order valence-electron chi connectivity index (χ4n) is 2.02. The van der Waals surface area contributed by atoms with Crippen LogP contribution in [0.5, 0.6) is 0 Å². The molecule has 2 N–H and O–H groups in total. The van der Waals surface area contributed by atoms with Crippen LogP contribution in [0, 0.1) is 4.91 Å². The van der Waals surface area contributed by atoms with Crippen LogP contribution in [0.15, 0.2) is 24.3 Å². The maximum Gasteiger partial charge on any atom is 0.253 e. The van der Waals surface area contributed by atoms with E-state index >= 15 is 0 Å². The molecule has 1 aliphatic heterocycles. The molecule has 1 aromatic carbocycles. The number of aryl methyl sites for hydroxylation is 1. The van der Waals surface area contributed by atoms with Gasteiger partial charge < -0.3 is 0 Å². The van der Waals surface area contributed by atoms with Crippen LogP contribution in [0.1, 0.15) is 30.5 Å². The van der Waals surface area contributed by atoms with Gasteiger partial charge in [0.05, 0.1) is 0 Å². The molecule has 3 heteroatoms. The Bertz CT molecular complexity index is 362. The molecule has 0 bridgehead atoms. The van der Waals surface area contributed by atoms with Crippen molar-refractivity contribution in [2.45, 2.75) is 32.0 Å². The third kappa shape index (κ3) is 1.44. The number of nitrogens with zero attached hydrogens (tertiary/aromatic N) is 1. The molecule has 0 spiro atoms. The van der Waals surface area contributed by atoms with E-state index in [1.165, 1.54) is 5.56 Å². The standard InChI is InChI=1S/C11H15N2O/c1-8-10-5-3-2-4-9(10)6-7-11(12)13(8)14/h2-5,8,11H,6-7,12H2,1H3/q+1. The van der Waals surface area contributed by atoms with Gasteiger partial charge >= 0.3 is 0 Å². The summed E-state index contributed by atoms with van der Waals surface area (Å²) in [6.07, 6.45) is 1.28. The van der Waals surface area contributed by atoms with Gasteiger partial charge in [-0.3, -0.25) is 5.73 Å². The topological polar surface area (TPSA) is 46.1 Å². The van der Waals surface area contributed by atoms with E-state index in [0.29, 0.717) is 0 Å². The van der Waals surface area contributed by atoms with E-state index in [0.717, 1.165) is 23.2 Å². The molecule has 0 saturated heterocycles. The maximum absolute atomic E-state index is 11.7. The Morgan fingerprint density at radius 2 is 2.14 bits per heavy atom. The largest absolute Gasteiger partial charge is 0.270 e. The second-order valence-corrected chi connectivity index (χ2v) is 3.84. The zero-order valence-corrected chi connectivity index (χ0v) is 8.31. The average Bonchev–Trinajstić information content (AvgIpc) is 2.32. The molecule has 1 aliphatic rings. The number of fused-ring (bicyclic) bond motifs is 1. The van der Waals surface area contributed by atoms with Gasteiger partial charge in [-0.05, 0) is 12.0 Å². The number of hydrogen-bond acceptors (Lipinski definition) is 2. The molecule has 0 amide bonds. The summed E-state index contributed by atoms with van der Waals surface area (Å²) in [7, 11) is 0. The van der Waals surface area contributed by atoms with Crippen molar-refractivity contribution >= 4 is 0 Å².